The fourth-order valence-corrected chi connectivity index (χ4v) is 3.55. The highest BCUT2D eigenvalue weighted by atomic mass is 127. The predicted octanol–water partition coefficient (Wildman–Crippen LogP) is 3.48. The maximum absolute atomic E-state index is 12.4. The number of hydrogen-bond donors (Lipinski definition) is 0. The van der Waals surface area contributed by atoms with Crippen molar-refractivity contribution >= 4 is 34.3 Å². The van der Waals surface area contributed by atoms with E-state index in [1.807, 2.05) is 59.5 Å². The SMILES string of the molecule is O=C(CCC(=O)N1CCN(CCOc2ccccc2)CC1)c1ccc(I)cc1. The number of benzene rings is 2. The first-order chi connectivity index (χ1) is 13.6. The lowest BCUT2D eigenvalue weighted by atomic mass is 10.1. The predicted molar refractivity (Wildman–Crippen MR) is 118 cm³/mol. The molecule has 2 aromatic carbocycles. The Bertz CT molecular complexity index is 772. The molecular formula is C22H25IN2O3. The van der Waals surface area contributed by atoms with Crippen LogP contribution in [0, 0.1) is 3.57 Å². The molecule has 148 valence electrons. The van der Waals surface area contributed by atoms with Crippen LogP contribution in [0.2, 0.25) is 0 Å². The van der Waals surface area contributed by atoms with E-state index < -0.39 is 0 Å². The molecule has 2 aromatic rings. The van der Waals surface area contributed by atoms with Crippen LogP contribution in [0.5, 0.6) is 5.75 Å². The lowest BCUT2D eigenvalue weighted by Gasteiger charge is -2.34. The van der Waals surface area contributed by atoms with Crippen molar-refractivity contribution in [2.24, 2.45) is 0 Å². The summed E-state index contributed by atoms with van der Waals surface area (Å²) in [7, 11) is 0. The van der Waals surface area contributed by atoms with Gasteiger partial charge in [-0.2, -0.15) is 0 Å². The van der Waals surface area contributed by atoms with Crippen LogP contribution in [0.4, 0.5) is 0 Å². The zero-order valence-electron chi connectivity index (χ0n) is 15.9. The van der Waals surface area contributed by atoms with Crippen molar-refractivity contribution in [2.45, 2.75) is 12.8 Å². The number of carbonyl (C=O) groups is 2. The average Bonchev–Trinajstić information content (AvgIpc) is 2.73. The van der Waals surface area contributed by atoms with Crippen molar-refractivity contribution in [3.05, 3.63) is 63.7 Å². The number of rotatable bonds is 8. The van der Waals surface area contributed by atoms with Crippen LogP contribution < -0.4 is 4.74 Å². The van der Waals surface area contributed by atoms with Crippen LogP contribution in [-0.2, 0) is 4.79 Å². The molecule has 1 aliphatic heterocycles. The molecule has 28 heavy (non-hydrogen) atoms. The third-order valence-corrected chi connectivity index (χ3v) is 5.60. The number of ether oxygens (including phenoxy) is 1. The van der Waals surface area contributed by atoms with Crippen LogP contribution in [0.15, 0.2) is 54.6 Å². The molecule has 0 unspecified atom stereocenters. The van der Waals surface area contributed by atoms with Gasteiger partial charge in [0.15, 0.2) is 5.78 Å². The summed E-state index contributed by atoms with van der Waals surface area (Å²) >= 11 is 2.21. The summed E-state index contributed by atoms with van der Waals surface area (Å²) < 4.78 is 6.83. The van der Waals surface area contributed by atoms with Gasteiger partial charge < -0.3 is 9.64 Å². The first-order valence-electron chi connectivity index (χ1n) is 9.58. The molecule has 1 amide bonds. The van der Waals surface area contributed by atoms with Gasteiger partial charge in [-0.3, -0.25) is 14.5 Å². The number of nitrogens with zero attached hydrogens (tertiary/aromatic N) is 2. The van der Waals surface area contributed by atoms with E-state index in [-0.39, 0.29) is 24.5 Å². The highest BCUT2D eigenvalue weighted by Crippen LogP contribution is 2.12. The van der Waals surface area contributed by atoms with E-state index in [4.69, 9.17) is 4.74 Å². The molecule has 0 saturated carbocycles. The van der Waals surface area contributed by atoms with Crippen LogP contribution in [0.3, 0.4) is 0 Å². The maximum atomic E-state index is 12.4. The number of ketones is 1. The Balaban J connectivity index is 1.34. The van der Waals surface area contributed by atoms with E-state index in [1.165, 1.54) is 0 Å². The molecule has 5 nitrogen and oxygen atoms in total. The third kappa shape index (κ3) is 6.31. The molecule has 0 aromatic heterocycles. The number of amides is 1. The van der Waals surface area contributed by atoms with Crippen molar-refractivity contribution in [2.75, 3.05) is 39.3 Å². The standard InChI is InChI=1S/C22H25IN2O3/c23-19-8-6-18(7-9-19)21(26)10-11-22(27)25-14-12-24(13-15-25)16-17-28-20-4-2-1-3-5-20/h1-9H,10-17H2. The number of halogens is 1. The zero-order chi connectivity index (χ0) is 19.8. The van der Waals surface area contributed by atoms with Gasteiger partial charge >= 0.3 is 0 Å². The van der Waals surface area contributed by atoms with Gasteiger partial charge in [0.25, 0.3) is 0 Å². The van der Waals surface area contributed by atoms with Gasteiger partial charge in [-0.1, -0.05) is 30.3 Å². The second-order valence-electron chi connectivity index (χ2n) is 6.81. The highest BCUT2D eigenvalue weighted by Gasteiger charge is 2.21. The molecule has 0 spiro atoms. The highest BCUT2D eigenvalue weighted by molar-refractivity contribution is 14.1. The molecule has 6 heteroatoms. The molecule has 0 aliphatic carbocycles. The molecule has 1 aliphatic rings. The fraction of sp³-hybridized carbons (Fsp3) is 0.364. The fourth-order valence-electron chi connectivity index (χ4n) is 3.19. The number of hydrogen-bond acceptors (Lipinski definition) is 4. The second-order valence-corrected chi connectivity index (χ2v) is 8.06. The summed E-state index contributed by atoms with van der Waals surface area (Å²) in [6.45, 7) is 4.60. The second kappa shape index (κ2) is 10.6. The molecule has 3 rings (SSSR count). The minimum Gasteiger partial charge on any atom is -0.492 e. The molecule has 1 saturated heterocycles. The molecule has 0 atom stereocenters. The van der Waals surface area contributed by atoms with E-state index in [0.29, 0.717) is 25.3 Å². The van der Waals surface area contributed by atoms with Gasteiger partial charge in [0.05, 0.1) is 0 Å². The number of Topliss-reactive ketones (excluding diaryl/α,β-unsaturated/α-hetero) is 1. The summed E-state index contributed by atoms with van der Waals surface area (Å²) in [5.74, 6) is 0.981. The van der Waals surface area contributed by atoms with Crippen molar-refractivity contribution in [3.8, 4) is 5.75 Å². The average molecular weight is 492 g/mol. The zero-order valence-corrected chi connectivity index (χ0v) is 18.0. The summed E-state index contributed by atoms with van der Waals surface area (Å²) in [4.78, 5) is 28.8. The molecule has 0 radical (unpaired) electrons. The van der Waals surface area contributed by atoms with Crippen molar-refractivity contribution < 1.29 is 14.3 Å². The van der Waals surface area contributed by atoms with Gasteiger partial charge in [-0.25, -0.2) is 0 Å². The van der Waals surface area contributed by atoms with Crippen molar-refractivity contribution in [1.29, 1.82) is 0 Å². The van der Waals surface area contributed by atoms with Gasteiger partial charge in [-0.15, -0.1) is 0 Å². The smallest absolute Gasteiger partial charge is 0.223 e. The normalized spacial score (nSPS) is 14.7. The van der Waals surface area contributed by atoms with Gasteiger partial charge in [0, 0.05) is 54.7 Å². The molecule has 0 bridgehead atoms. The number of para-hydroxylation sites is 1. The lowest BCUT2D eigenvalue weighted by molar-refractivity contribution is -0.132. The largest absolute Gasteiger partial charge is 0.492 e. The molecule has 1 fully saturated rings. The van der Waals surface area contributed by atoms with E-state index in [9.17, 15) is 9.59 Å². The minimum atomic E-state index is 0.0291. The van der Waals surface area contributed by atoms with E-state index in [2.05, 4.69) is 27.5 Å². The maximum Gasteiger partial charge on any atom is 0.223 e. The summed E-state index contributed by atoms with van der Waals surface area (Å²) in [6.07, 6.45) is 0.548. The van der Waals surface area contributed by atoms with Crippen LogP contribution >= 0.6 is 22.6 Å². The van der Waals surface area contributed by atoms with Crippen LogP contribution in [-0.4, -0.2) is 60.8 Å². The molecular weight excluding hydrogens is 467 g/mol. The Hall–Kier alpha value is -1.93. The van der Waals surface area contributed by atoms with Crippen LogP contribution in [0.1, 0.15) is 23.2 Å². The summed E-state index contributed by atoms with van der Waals surface area (Å²) in [5.41, 5.74) is 0.677. The topological polar surface area (TPSA) is 49.9 Å². The summed E-state index contributed by atoms with van der Waals surface area (Å²) in [5, 5.41) is 0. The molecule has 1 heterocycles. The van der Waals surface area contributed by atoms with Crippen molar-refractivity contribution in [3.63, 3.8) is 0 Å². The summed E-state index contributed by atoms with van der Waals surface area (Å²) in [6, 6.07) is 17.3. The van der Waals surface area contributed by atoms with E-state index in [1.54, 1.807) is 0 Å². The Labute approximate surface area is 179 Å². The third-order valence-electron chi connectivity index (χ3n) is 4.88. The Morgan fingerprint density at radius 3 is 2.25 bits per heavy atom. The van der Waals surface area contributed by atoms with Gasteiger partial charge in [0.2, 0.25) is 5.91 Å². The Morgan fingerprint density at radius 1 is 0.893 bits per heavy atom. The Kier molecular flexibility index (Phi) is 7.85. The molecule has 0 N–H and O–H groups in total. The lowest BCUT2D eigenvalue weighted by Crippen LogP contribution is -2.49. The minimum absolute atomic E-state index is 0.0291. The van der Waals surface area contributed by atoms with E-state index in [0.717, 1.165) is 29.0 Å². The van der Waals surface area contributed by atoms with Crippen molar-refractivity contribution in [1.82, 2.24) is 9.80 Å². The number of piperazine rings is 1. The van der Waals surface area contributed by atoms with Gasteiger partial charge in [-0.05, 0) is 46.9 Å². The van der Waals surface area contributed by atoms with E-state index >= 15 is 0 Å². The monoisotopic (exact) mass is 492 g/mol. The number of carbonyl (C=O) groups excluding carboxylic acids is 2. The van der Waals surface area contributed by atoms with Gasteiger partial charge in [0.1, 0.15) is 12.4 Å². The van der Waals surface area contributed by atoms with Crippen LogP contribution in [0.25, 0.3) is 0 Å². The first kappa shape index (κ1) is 20.8. The first-order valence-corrected chi connectivity index (χ1v) is 10.7. The quantitative estimate of drug-likeness (QED) is 0.419. The Morgan fingerprint density at radius 2 is 1.57 bits per heavy atom.